The molecule has 3 heteroatoms. The summed E-state index contributed by atoms with van der Waals surface area (Å²) < 4.78 is 19.3. The molecule has 0 aliphatic carbocycles. The molecule has 3 aromatic carbocycles. The minimum atomic E-state index is -0.274. The number of hydrogen-bond donors (Lipinski definition) is 0. The van der Waals surface area contributed by atoms with E-state index in [9.17, 15) is 4.39 Å². The van der Waals surface area contributed by atoms with Gasteiger partial charge in [0.25, 0.3) is 0 Å². The van der Waals surface area contributed by atoms with Crippen LogP contribution in [0.3, 0.4) is 0 Å². The average molecular weight is 345 g/mol. The molecule has 21 heavy (non-hydrogen) atoms. The van der Waals surface area contributed by atoms with E-state index < -0.39 is 0 Å². The molecule has 0 aliphatic heterocycles. The van der Waals surface area contributed by atoms with E-state index >= 15 is 0 Å². The van der Waals surface area contributed by atoms with Crippen LogP contribution in [-0.4, -0.2) is 7.11 Å². The van der Waals surface area contributed by atoms with Crippen molar-refractivity contribution in [2.75, 3.05) is 7.11 Å². The van der Waals surface area contributed by atoms with Crippen LogP contribution in [0.25, 0.3) is 10.8 Å². The number of ether oxygens (including phenoxy) is 1. The Labute approximate surface area is 131 Å². The highest BCUT2D eigenvalue weighted by Gasteiger charge is 2.17. The van der Waals surface area contributed by atoms with E-state index in [2.05, 4.69) is 34.1 Å². The Kier molecular flexibility index (Phi) is 3.93. The number of benzene rings is 3. The van der Waals surface area contributed by atoms with Gasteiger partial charge in [0, 0.05) is 11.6 Å². The summed E-state index contributed by atoms with van der Waals surface area (Å²) >= 11 is 3.63. The molecular formula is C18H14BrFO. The fourth-order valence-electron chi connectivity index (χ4n) is 2.48. The first-order valence-electron chi connectivity index (χ1n) is 6.66. The Bertz CT molecular complexity index is 780. The van der Waals surface area contributed by atoms with Gasteiger partial charge in [-0.3, -0.25) is 0 Å². The Morgan fingerprint density at radius 2 is 1.71 bits per heavy atom. The molecule has 0 aromatic heterocycles. The molecule has 0 amide bonds. The van der Waals surface area contributed by atoms with Crippen LogP contribution in [0.1, 0.15) is 16.0 Å². The second-order valence-electron chi connectivity index (χ2n) is 4.82. The van der Waals surface area contributed by atoms with Gasteiger partial charge in [0.1, 0.15) is 11.6 Å². The lowest BCUT2D eigenvalue weighted by atomic mass is 9.98. The zero-order chi connectivity index (χ0) is 14.8. The Hall–Kier alpha value is -1.87. The highest BCUT2D eigenvalue weighted by atomic mass is 79.9. The molecule has 1 unspecified atom stereocenters. The SMILES string of the molecule is COc1ccc(C(Br)c2cccc3ccccc23)c(F)c1. The summed E-state index contributed by atoms with van der Waals surface area (Å²) in [6, 6.07) is 19.1. The normalized spacial score (nSPS) is 12.3. The molecule has 106 valence electrons. The van der Waals surface area contributed by atoms with Crippen LogP contribution in [0.4, 0.5) is 4.39 Å². The van der Waals surface area contributed by atoms with Crippen LogP contribution >= 0.6 is 15.9 Å². The summed E-state index contributed by atoms with van der Waals surface area (Å²) in [6.45, 7) is 0. The van der Waals surface area contributed by atoms with E-state index in [4.69, 9.17) is 4.74 Å². The fraction of sp³-hybridized carbons (Fsp3) is 0.111. The lowest BCUT2D eigenvalue weighted by Gasteiger charge is -2.15. The van der Waals surface area contributed by atoms with Crippen LogP contribution in [-0.2, 0) is 0 Å². The van der Waals surface area contributed by atoms with Gasteiger partial charge in [-0.25, -0.2) is 4.39 Å². The quantitative estimate of drug-likeness (QED) is 0.572. The topological polar surface area (TPSA) is 9.23 Å². The number of hydrogen-bond acceptors (Lipinski definition) is 1. The van der Waals surface area contributed by atoms with Crippen molar-refractivity contribution in [1.29, 1.82) is 0 Å². The molecule has 0 heterocycles. The second-order valence-corrected chi connectivity index (χ2v) is 5.73. The summed E-state index contributed by atoms with van der Waals surface area (Å²) in [5.74, 6) is 0.248. The number of fused-ring (bicyclic) bond motifs is 1. The van der Waals surface area contributed by atoms with Crippen molar-refractivity contribution in [1.82, 2.24) is 0 Å². The number of halogens is 2. The van der Waals surface area contributed by atoms with Crippen molar-refractivity contribution < 1.29 is 9.13 Å². The largest absolute Gasteiger partial charge is 0.497 e. The molecule has 0 saturated heterocycles. The number of alkyl halides is 1. The first kappa shape index (κ1) is 14.1. The molecule has 0 bridgehead atoms. The minimum Gasteiger partial charge on any atom is -0.497 e. The number of rotatable bonds is 3. The Morgan fingerprint density at radius 3 is 2.48 bits per heavy atom. The third-order valence-corrected chi connectivity index (χ3v) is 4.56. The van der Waals surface area contributed by atoms with E-state index in [1.54, 1.807) is 12.1 Å². The monoisotopic (exact) mass is 344 g/mol. The van der Waals surface area contributed by atoms with Gasteiger partial charge in [0.05, 0.1) is 11.9 Å². The average Bonchev–Trinajstić information content (AvgIpc) is 2.53. The van der Waals surface area contributed by atoms with E-state index in [0.29, 0.717) is 11.3 Å². The van der Waals surface area contributed by atoms with Crippen LogP contribution in [0.2, 0.25) is 0 Å². The first-order chi connectivity index (χ1) is 10.2. The van der Waals surface area contributed by atoms with Gasteiger partial charge in [-0.2, -0.15) is 0 Å². The lowest BCUT2D eigenvalue weighted by Crippen LogP contribution is -1.98. The van der Waals surface area contributed by atoms with E-state index in [1.807, 2.05) is 24.3 Å². The van der Waals surface area contributed by atoms with Crippen molar-refractivity contribution in [2.45, 2.75) is 4.83 Å². The zero-order valence-electron chi connectivity index (χ0n) is 11.5. The third kappa shape index (κ3) is 2.66. The molecule has 0 spiro atoms. The lowest BCUT2D eigenvalue weighted by molar-refractivity contribution is 0.411. The number of methoxy groups -OCH3 is 1. The maximum absolute atomic E-state index is 14.3. The predicted octanol–water partition coefficient (Wildman–Crippen LogP) is 5.47. The molecule has 0 N–H and O–H groups in total. The predicted molar refractivity (Wildman–Crippen MR) is 87.7 cm³/mol. The van der Waals surface area contributed by atoms with Crippen LogP contribution in [0.15, 0.2) is 60.7 Å². The molecule has 0 fully saturated rings. The molecule has 0 radical (unpaired) electrons. The molecule has 1 atom stereocenters. The molecular weight excluding hydrogens is 331 g/mol. The fourth-order valence-corrected chi connectivity index (χ4v) is 3.25. The molecule has 3 aromatic rings. The molecule has 3 rings (SSSR count). The summed E-state index contributed by atoms with van der Waals surface area (Å²) in [4.78, 5) is -0.200. The van der Waals surface area contributed by atoms with Crippen LogP contribution in [0, 0.1) is 5.82 Å². The van der Waals surface area contributed by atoms with Gasteiger partial charge < -0.3 is 4.74 Å². The van der Waals surface area contributed by atoms with Gasteiger partial charge in [-0.15, -0.1) is 0 Å². The van der Waals surface area contributed by atoms with Crippen molar-refractivity contribution in [3.8, 4) is 5.75 Å². The van der Waals surface area contributed by atoms with Gasteiger partial charge in [0.2, 0.25) is 0 Å². The van der Waals surface area contributed by atoms with E-state index in [1.165, 1.54) is 13.2 Å². The Morgan fingerprint density at radius 1 is 0.952 bits per heavy atom. The summed E-state index contributed by atoms with van der Waals surface area (Å²) in [5.41, 5.74) is 1.66. The first-order valence-corrected chi connectivity index (χ1v) is 7.57. The van der Waals surface area contributed by atoms with Gasteiger partial charge in [-0.1, -0.05) is 64.5 Å². The highest BCUT2D eigenvalue weighted by Crippen LogP contribution is 2.37. The summed E-state index contributed by atoms with van der Waals surface area (Å²) in [5, 5.41) is 2.27. The second kappa shape index (κ2) is 5.86. The van der Waals surface area contributed by atoms with Crippen molar-refractivity contribution >= 4 is 26.7 Å². The minimum absolute atomic E-state index is 0.200. The smallest absolute Gasteiger partial charge is 0.131 e. The van der Waals surface area contributed by atoms with Crippen LogP contribution in [0.5, 0.6) is 5.75 Å². The van der Waals surface area contributed by atoms with Crippen molar-refractivity contribution in [2.24, 2.45) is 0 Å². The summed E-state index contributed by atoms with van der Waals surface area (Å²) in [7, 11) is 1.53. The maximum Gasteiger partial charge on any atom is 0.131 e. The molecule has 1 nitrogen and oxygen atoms in total. The zero-order valence-corrected chi connectivity index (χ0v) is 13.1. The van der Waals surface area contributed by atoms with Crippen molar-refractivity contribution in [3.63, 3.8) is 0 Å². The highest BCUT2D eigenvalue weighted by molar-refractivity contribution is 9.09. The van der Waals surface area contributed by atoms with E-state index in [0.717, 1.165) is 16.3 Å². The van der Waals surface area contributed by atoms with Gasteiger partial charge in [-0.05, 0) is 22.4 Å². The van der Waals surface area contributed by atoms with Gasteiger partial charge in [0.15, 0.2) is 0 Å². The standard InChI is InChI=1S/C18H14BrFO/c1-21-13-9-10-16(17(20)11-13)18(19)15-8-4-6-12-5-2-3-7-14(12)15/h2-11,18H,1H3. The van der Waals surface area contributed by atoms with Crippen molar-refractivity contribution in [3.05, 3.63) is 77.6 Å². The third-order valence-electron chi connectivity index (χ3n) is 3.58. The van der Waals surface area contributed by atoms with E-state index in [-0.39, 0.29) is 10.6 Å². The molecule has 0 saturated carbocycles. The molecule has 0 aliphatic rings. The van der Waals surface area contributed by atoms with Gasteiger partial charge >= 0.3 is 0 Å². The Balaban J connectivity index is 2.10. The van der Waals surface area contributed by atoms with Crippen LogP contribution < -0.4 is 4.74 Å². The maximum atomic E-state index is 14.3. The summed E-state index contributed by atoms with van der Waals surface area (Å²) in [6.07, 6.45) is 0.